The van der Waals surface area contributed by atoms with Crippen LogP contribution in [0.15, 0.2) is 24.3 Å². The first kappa shape index (κ1) is 15.8. The van der Waals surface area contributed by atoms with Gasteiger partial charge in [-0.05, 0) is 43.4 Å². The lowest BCUT2D eigenvalue weighted by Crippen LogP contribution is -2.39. The number of rotatable bonds is 4. The van der Waals surface area contributed by atoms with Crippen molar-refractivity contribution in [2.24, 2.45) is 11.7 Å². The van der Waals surface area contributed by atoms with Crippen LogP contribution in [0.3, 0.4) is 0 Å². The van der Waals surface area contributed by atoms with E-state index in [1.54, 1.807) is 24.3 Å². The lowest BCUT2D eigenvalue weighted by atomic mass is 9.97. The number of amides is 3. The van der Waals surface area contributed by atoms with Crippen molar-refractivity contribution in [1.29, 1.82) is 0 Å². The van der Waals surface area contributed by atoms with Gasteiger partial charge in [-0.1, -0.05) is 31.7 Å². The summed E-state index contributed by atoms with van der Waals surface area (Å²) in [5.41, 5.74) is 6.32. The number of hydrogen-bond acceptors (Lipinski definition) is 2. The molecule has 0 radical (unpaired) electrons. The summed E-state index contributed by atoms with van der Waals surface area (Å²) in [4.78, 5) is 25.8. The molecule has 1 heterocycles. The number of carbonyl (C=O) groups excluding carboxylic acids is 2. The predicted octanol–water partition coefficient (Wildman–Crippen LogP) is 3.36. The summed E-state index contributed by atoms with van der Waals surface area (Å²) >= 11 is 0. The van der Waals surface area contributed by atoms with Gasteiger partial charge in [0.25, 0.3) is 0 Å². The van der Waals surface area contributed by atoms with Crippen molar-refractivity contribution in [3.63, 3.8) is 0 Å². The number of benzene rings is 1. The van der Waals surface area contributed by atoms with Gasteiger partial charge < -0.3 is 16.0 Å². The number of urea groups is 1. The van der Waals surface area contributed by atoms with Crippen molar-refractivity contribution in [3.05, 3.63) is 29.8 Å². The van der Waals surface area contributed by atoms with Gasteiger partial charge in [-0.3, -0.25) is 4.79 Å². The van der Waals surface area contributed by atoms with E-state index in [1.807, 2.05) is 4.90 Å². The number of carbonyl (C=O) groups is 2. The number of nitrogens with two attached hydrogens (primary N) is 1. The van der Waals surface area contributed by atoms with Crippen molar-refractivity contribution < 1.29 is 9.59 Å². The summed E-state index contributed by atoms with van der Waals surface area (Å²) < 4.78 is 0. The zero-order chi connectivity index (χ0) is 16.2. The lowest BCUT2D eigenvalue weighted by Gasteiger charge is -2.27. The molecule has 3 amide bonds. The van der Waals surface area contributed by atoms with Crippen LogP contribution in [0.25, 0.3) is 0 Å². The molecule has 23 heavy (non-hydrogen) atoms. The Morgan fingerprint density at radius 2 is 1.96 bits per heavy atom. The van der Waals surface area contributed by atoms with Gasteiger partial charge in [0.05, 0.1) is 0 Å². The molecule has 1 saturated heterocycles. The Morgan fingerprint density at radius 3 is 2.70 bits per heavy atom. The van der Waals surface area contributed by atoms with Crippen LogP contribution < -0.4 is 11.1 Å². The average Bonchev–Trinajstić information content (AvgIpc) is 3.19. The van der Waals surface area contributed by atoms with Gasteiger partial charge in [0.2, 0.25) is 5.91 Å². The first-order valence-corrected chi connectivity index (χ1v) is 8.61. The Morgan fingerprint density at radius 1 is 1.17 bits per heavy atom. The van der Waals surface area contributed by atoms with E-state index in [1.165, 1.54) is 25.7 Å². The second-order valence-corrected chi connectivity index (χ2v) is 6.75. The molecule has 0 spiro atoms. The van der Waals surface area contributed by atoms with Crippen LogP contribution in [0.5, 0.6) is 0 Å². The maximum absolute atomic E-state index is 12.6. The topological polar surface area (TPSA) is 75.4 Å². The molecule has 1 saturated carbocycles. The summed E-state index contributed by atoms with van der Waals surface area (Å²) in [6.45, 7) is 0.818. The fourth-order valence-corrected chi connectivity index (χ4v) is 3.92. The van der Waals surface area contributed by atoms with E-state index in [2.05, 4.69) is 5.32 Å². The van der Waals surface area contributed by atoms with E-state index >= 15 is 0 Å². The quantitative estimate of drug-likeness (QED) is 0.894. The third-order valence-electron chi connectivity index (χ3n) is 5.12. The number of likely N-dealkylation sites (tertiary alicyclic amines) is 1. The van der Waals surface area contributed by atoms with E-state index in [-0.39, 0.29) is 6.03 Å². The highest BCUT2D eigenvalue weighted by Gasteiger charge is 2.31. The third kappa shape index (κ3) is 3.84. The van der Waals surface area contributed by atoms with E-state index in [9.17, 15) is 9.59 Å². The van der Waals surface area contributed by atoms with Gasteiger partial charge in [-0.25, -0.2) is 4.79 Å². The normalized spacial score (nSPS) is 21.6. The fourth-order valence-electron chi connectivity index (χ4n) is 3.92. The molecule has 1 aromatic rings. The molecule has 0 bridgehead atoms. The van der Waals surface area contributed by atoms with Gasteiger partial charge in [0.1, 0.15) is 0 Å². The summed E-state index contributed by atoms with van der Waals surface area (Å²) in [6, 6.07) is 7.09. The second-order valence-electron chi connectivity index (χ2n) is 6.75. The largest absolute Gasteiger partial charge is 0.366 e. The second kappa shape index (κ2) is 7.02. The van der Waals surface area contributed by atoms with Gasteiger partial charge >= 0.3 is 6.03 Å². The smallest absolute Gasteiger partial charge is 0.322 e. The van der Waals surface area contributed by atoms with Gasteiger partial charge in [-0.2, -0.15) is 0 Å². The monoisotopic (exact) mass is 315 g/mol. The molecule has 1 aromatic carbocycles. The zero-order valence-corrected chi connectivity index (χ0v) is 13.5. The van der Waals surface area contributed by atoms with Crippen molar-refractivity contribution in [2.45, 2.75) is 51.0 Å². The molecule has 1 atom stereocenters. The Kier molecular flexibility index (Phi) is 4.84. The number of anilines is 1. The molecule has 1 unspecified atom stereocenters. The molecule has 2 fully saturated rings. The van der Waals surface area contributed by atoms with E-state index in [4.69, 9.17) is 5.73 Å². The molecular formula is C18H25N3O2. The molecule has 124 valence electrons. The third-order valence-corrected chi connectivity index (χ3v) is 5.12. The van der Waals surface area contributed by atoms with Crippen molar-refractivity contribution >= 4 is 17.6 Å². The minimum absolute atomic E-state index is 0.0629. The van der Waals surface area contributed by atoms with E-state index in [0.717, 1.165) is 31.7 Å². The standard InChI is InChI=1S/C18H25N3O2/c19-17(22)14-7-3-8-15(12-14)20-18(23)21-10-4-9-16(21)11-13-5-1-2-6-13/h3,7-8,12-13,16H,1-2,4-6,9-11H2,(H2,19,22)(H,20,23). The maximum atomic E-state index is 12.6. The first-order chi connectivity index (χ1) is 11.1. The minimum atomic E-state index is -0.485. The van der Waals surface area contributed by atoms with Crippen molar-refractivity contribution in [2.75, 3.05) is 11.9 Å². The predicted molar refractivity (Wildman–Crippen MR) is 90.3 cm³/mol. The SMILES string of the molecule is NC(=O)c1cccc(NC(=O)N2CCCC2CC2CCCC2)c1. The van der Waals surface area contributed by atoms with Crippen LogP contribution in [0, 0.1) is 5.92 Å². The summed E-state index contributed by atoms with van der Waals surface area (Å²) in [6.07, 6.45) is 8.61. The fraction of sp³-hybridized carbons (Fsp3) is 0.556. The highest BCUT2D eigenvalue weighted by atomic mass is 16.2. The van der Waals surface area contributed by atoms with Gasteiger partial charge in [0, 0.05) is 23.8 Å². The van der Waals surface area contributed by atoms with Gasteiger partial charge in [0.15, 0.2) is 0 Å². The molecule has 3 rings (SSSR count). The van der Waals surface area contributed by atoms with Crippen LogP contribution in [-0.2, 0) is 0 Å². The number of nitrogens with one attached hydrogen (secondary N) is 1. The summed E-state index contributed by atoms with van der Waals surface area (Å²) in [7, 11) is 0. The van der Waals surface area contributed by atoms with Crippen LogP contribution in [-0.4, -0.2) is 29.4 Å². The Labute approximate surface area is 137 Å². The number of primary amides is 1. The highest BCUT2D eigenvalue weighted by Crippen LogP contribution is 2.33. The Bertz CT molecular complexity index is 581. The van der Waals surface area contributed by atoms with Crippen LogP contribution >= 0.6 is 0 Å². The van der Waals surface area contributed by atoms with Crippen molar-refractivity contribution in [3.8, 4) is 0 Å². The first-order valence-electron chi connectivity index (χ1n) is 8.61. The summed E-state index contributed by atoms with van der Waals surface area (Å²) in [5, 5.41) is 2.91. The van der Waals surface area contributed by atoms with Crippen molar-refractivity contribution in [1.82, 2.24) is 4.90 Å². The minimum Gasteiger partial charge on any atom is -0.366 e. The lowest BCUT2D eigenvalue weighted by molar-refractivity contribution is 0.1000. The molecular weight excluding hydrogens is 290 g/mol. The van der Waals surface area contributed by atoms with Crippen LogP contribution in [0.2, 0.25) is 0 Å². The van der Waals surface area contributed by atoms with Crippen LogP contribution in [0.1, 0.15) is 55.3 Å². The Balaban J connectivity index is 1.62. The molecule has 1 aliphatic heterocycles. The molecule has 1 aliphatic carbocycles. The molecule has 2 aliphatic rings. The number of nitrogens with zero attached hydrogens (tertiary/aromatic N) is 1. The zero-order valence-electron chi connectivity index (χ0n) is 13.5. The Hall–Kier alpha value is -2.04. The average molecular weight is 315 g/mol. The maximum Gasteiger partial charge on any atom is 0.322 e. The van der Waals surface area contributed by atoms with E-state index < -0.39 is 5.91 Å². The molecule has 5 nitrogen and oxygen atoms in total. The highest BCUT2D eigenvalue weighted by molar-refractivity contribution is 5.96. The summed E-state index contributed by atoms with van der Waals surface area (Å²) in [5.74, 6) is 0.299. The van der Waals surface area contributed by atoms with Gasteiger partial charge in [-0.15, -0.1) is 0 Å². The van der Waals surface area contributed by atoms with Crippen LogP contribution in [0.4, 0.5) is 10.5 Å². The van der Waals surface area contributed by atoms with E-state index in [0.29, 0.717) is 17.3 Å². The molecule has 3 N–H and O–H groups in total. The molecule has 0 aromatic heterocycles. The molecule has 5 heteroatoms. The number of hydrogen-bond donors (Lipinski definition) is 2.